The number of carbonyl (C=O) groups excluding carboxylic acids is 1. The number of hydrogen-bond donors (Lipinski definition) is 2. The van der Waals surface area contributed by atoms with Crippen LogP contribution in [0.15, 0.2) is 18.2 Å². The van der Waals surface area contributed by atoms with Crippen molar-refractivity contribution in [3.8, 4) is 5.75 Å². The maximum absolute atomic E-state index is 11.9. The maximum atomic E-state index is 11.9. The second-order valence-corrected chi connectivity index (χ2v) is 4.49. The Morgan fingerprint density at radius 1 is 1.45 bits per heavy atom. The predicted molar refractivity (Wildman–Crippen MR) is 68.3 cm³/mol. The summed E-state index contributed by atoms with van der Waals surface area (Å²) in [6, 6.07) is 5.08. The zero-order valence-corrected chi connectivity index (χ0v) is 11.3. The zero-order valence-electron chi connectivity index (χ0n) is 11.3. The Morgan fingerprint density at radius 2 is 2.10 bits per heavy atom. The van der Waals surface area contributed by atoms with E-state index in [0.717, 1.165) is 11.1 Å². The number of nitrogens with one attached hydrogen (secondary N) is 1. The van der Waals surface area contributed by atoms with Crippen LogP contribution in [0.5, 0.6) is 5.75 Å². The molecule has 1 atom stereocenters. The van der Waals surface area contributed by atoms with E-state index in [9.17, 15) is 18.0 Å². The minimum Gasteiger partial charge on any atom is -0.484 e. The van der Waals surface area contributed by atoms with Crippen molar-refractivity contribution >= 4 is 5.91 Å². The highest BCUT2D eigenvalue weighted by atomic mass is 19.4. The molecule has 1 aromatic rings. The molecule has 0 spiro atoms. The Balaban J connectivity index is 2.51. The first kappa shape index (κ1) is 16.3. The first-order valence-corrected chi connectivity index (χ1v) is 6.01. The van der Waals surface area contributed by atoms with E-state index in [1.165, 1.54) is 0 Å². The summed E-state index contributed by atoms with van der Waals surface area (Å²) in [4.78, 5) is 11.2. The van der Waals surface area contributed by atoms with E-state index in [1.807, 2.05) is 13.0 Å². The molecule has 0 saturated heterocycles. The van der Waals surface area contributed by atoms with Gasteiger partial charge in [-0.1, -0.05) is 12.1 Å². The Hall–Kier alpha value is -1.76. The molecule has 3 N–H and O–H groups in total. The Morgan fingerprint density at radius 3 is 2.60 bits per heavy atom. The van der Waals surface area contributed by atoms with Crippen molar-refractivity contribution in [1.82, 2.24) is 5.32 Å². The van der Waals surface area contributed by atoms with E-state index in [0.29, 0.717) is 5.75 Å². The van der Waals surface area contributed by atoms with Gasteiger partial charge in [0, 0.05) is 6.04 Å². The summed E-state index contributed by atoms with van der Waals surface area (Å²) in [6.45, 7) is 1.78. The molecule has 0 bridgehead atoms. The van der Waals surface area contributed by atoms with Gasteiger partial charge in [0.05, 0.1) is 0 Å². The van der Waals surface area contributed by atoms with Gasteiger partial charge in [-0.2, -0.15) is 13.2 Å². The molecule has 1 aromatic carbocycles. The van der Waals surface area contributed by atoms with Crippen molar-refractivity contribution in [2.75, 3.05) is 13.2 Å². The third-order valence-electron chi connectivity index (χ3n) is 2.57. The van der Waals surface area contributed by atoms with Gasteiger partial charge in [0.1, 0.15) is 12.3 Å². The van der Waals surface area contributed by atoms with Crippen LogP contribution in [-0.2, 0) is 4.79 Å². The lowest BCUT2D eigenvalue weighted by Crippen LogP contribution is -2.36. The van der Waals surface area contributed by atoms with Crippen LogP contribution in [-0.4, -0.2) is 25.2 Å². The van der Waals surface area contributed by atoms with Crippen molar-refractivity contribution in [2.45, 2.75) is 26.1 Å². The average molecular weight is 290 g/mol. The van der Waals surface area contributed by atoms with Crippen molar-refractivity contribution in [3.05, 3.63) is 29.3 Å². The lowest BCUT2D eigenvalue weighted by molar-refractivity contribution is -0.139. The van der Waals surface area contributed by atoms with E-state index in [4.69, 9.17) is 10.5 Å². The van der Waals surface area contributed by atoms with Crippen molar-refractivity contribution in [1.29, 1.82) is 0 Å². The molecule has 0 aromatic heterocycles. The predicted octanol–water partition coefficient (Wildman–Crippen LogP) is 2.07. The summed E-state index contributed by atoms with van der Waals surface area (Å²) < 4.78 is 40.9. The first-order valence-electron chi connectivity index (χ1n) is 6.01. The first-order chi connectivity index (χ1) is 9.19. The summed E-state index contributed by atoms with van der Waals surface area (Å²) in [6.07, 6.45) is -4.43. The molecular formula is C13H17F3N2O2. The number of aryl methyl sites for hydroxylation is 1. The van der Waals surface area contributed by atoms with Gasteiger partial charge in [-0.3, -0.25) is 4.79 Å². The highest BCUT2D eigenvalue weighted by molar-refractivity contribution is 5.77. The van der Waals surface area contributed by atoms with Gasteiger partial charge in [-0.25, -0.2) is 0 Å². The lowest BCUT2D eigenvalue weighted by atomic mass is 10.1. The molecule has 0 heterocycles. The molecule has 1 amide bonds. The molecule has 7 heteroatoms. The molecule has 4 nitrogen and oxygen atoms in total. The van der Waals surface area contributed by atoms with Crippen molar-refractivity contribution < 1.29 is 22.7 Å². The van der Waals surface area contributed by atoms with Crippen LogP contribution in [0.4, 0.5) is 13.2 Å². The zero-order chi connectivity index (χ0) is 15.3. The van der Waals surface area contributed by atoms with Gasteiger partial charge < -0.3 is 15.8 Å². The minimum absolute atomic E-state index is 0.127. The van der Waals surface area contributed by atoms with E-state index in [2.05, 4.69) is 0 Å². The maximum Gasteiger partial charge on any atom is 0.405 e. The van der Waals surface area contributed by atoms with Gasteiger partial charge in [-0.15, -0.1) is 0 Å². The number of nitrogens with two attached hydrogens (primary N) is 1. The Bertz CT molecular complexity index is 473. The molecule has 0 saturated carbocycles. The molecule has 0 aliphatic carbocycles. The number of carbonyl (C=O) groups is 1. The molecule has 0 aliphatic heterocycles. The Kier molecular flexibility index (Phi) is 5.38. The number of halogens is 3. The fourth-order valence-corrected chi connectivity index (χ4v) is 1.51. The molecule has 0 radical (unpaired) electrons. The minimum atomic E-state index is -4.43. The molecule has 1 rings (SSSR count). The lowest BCUT2D eigenvalue weighted by Gasteiger charge is -2.13. The third kappa shape index (κ3) is 5.48. The van der Waals surface area contributed by atoms with Crippen molar-refractivity contribution in [3.63, 3.8) is 0 Å². The monoisotopic (exact) mass is 290 g/mol. The van der Waals surface area contributed by atoms with Crippen LogP contribution < -0.4 is 15.8 Å². The van der Waals surface area contributed by atoms with Gasteiger partial charge in [0.15, 0.2) is 6.61 Å². The van der Waals surface area contributed by atoms with E-state index >= 15 is 0 Å². The second kappa shape index (κ2) is 6.60. The summed E-state index contributed by atoms with van der Waals surface area (Å²) in [5.74, 6) is -0.380. The summed E-state index contributed by atoms with van der Waals surface area (Å²) in [7, 11) is 0. The van der Waals surface area contributed by atoms with Gasteiger partial charge in [0.25, 0.3) is 5.91 Å². The quantitative estimate of drug-likeness (QED) is 0.872. The van der Waals surface area contributed by atoms with Gasteiger partial charge >= 0.3 is 6.18 Å². The molecule has 112 valence electrons. The van der Waals surface area contributed by atoms with Crippen LogP contribution in [0.2, 0.25) is 0 Å². The number of alkyl halides is 3. The Labute approximate surface area is 115 Å². The van der Waals surface area contributed by atoms with Crippen LogP contribution in [0.3, 0.4) is 0 Å². The van der Waals surface area contributed by atoms with E-state index < -0.39 is 25.2 Å². The van der Waals surface area contributed by atoms with Gasteiger partial charge in [0.2, 0.25) is 0 Å². The van der Waals surface area contributed by atoms with Crippen LogP contribution in [0.1, 0.15) is 24.1 Å². The standard InChI is InChI=1S/C13H17F3N2O2/c1-8-5-10(9(2)17)3-4-11(8)20-6-12(19)18-7-13(14,15)16/h3-5,9H,6-7,17H2,1-2H3,(H,18,19)/t9-/m1/s1. The molecule has 20 heavy (non-hydrogen) atoms. The normalized spacial score (nSPS) is 12.9. The SMILES string of the molecule is Cc1cc([C@@H](C)N)ccc1OCC(=O)NCC(F)(F)F. The number of rotatable bonds is 5. The van der Waals surface area contributed by atoms with Crippen LogP contribution >= 0.6 is 0 Å². The highest BCUT2D eigenvalue weighted by Crippen LogP contribution is 2.21. The highest BCUT2D eigenvalue weighted by Gasteiger charge is 2.27. The largest absolute Gasteiger partial charge is 0.484 e. The van der Waals surface area contributed by atoms with Crippen molar-refractivity contribution in [2.24, 2.45) is 5.73 Å². The second-order valence-electron chi connectivity index (χ2n) is 4.49. The fraction of sp³-hybridized carbons (Fsp3) is 0.462. The number of ether oxygens (including phenoxy) is 1. The molecule has 0 unspecified atom stereocenters. The number of hydrogen-bond acceptors (Lipinski definition) is 3. The summed E-state index contributed by atoms with van der Waals surface area (Å²) >= 11 is 0. The third-order valence-corrected chi connectivity index (χ3v) is 2.57. The van der Waals surface area contributed by atoms with E-state index in [-0.39, 0.29) is 6.04 Å². The average Bonchev–Trinajstić information content (AvgIpc) is 2.33. The summed E-state index contributed by atoms with van der Waals surface area (Å²) in [5.41, 5.74) is 7.40. The van der Waals surface area contributed by atoms with Gasteiger partial charge in [-0.05, 0) is 31.0 Å². The summed E-state index contributed by atoms with van der Waals surface area (Å²) in [5, 5.41) is 1.73. The smallest absolute Gasteiger partial charge is 0.405 e. The molecule has 0 aliphatic rings. The van der Waals surface area contributed by atoms with Crippen LogP contribution in [0.25, 0.3) is 0 Å². The topological polar surface area (TPSA) is 64.3 Å². The van der Waals surface area contributed by atoms with E-state index in [1.54, 1.807) is 24.4 Å². The molecular weight excluding hydrogens is 273 g/mol. The molecule has 0 fully saturated rings. The van der Waals surface area contributed by atoms with Crippen LogP contribution in [0, 0.1) is 6.92 Å². The fourth-order valence-electron chi connectivity index (χ4n) is 1.51. The number of amides is 1. The number of benzene rings is 1.